The average molecular weight is 279 g/mol. The van der Waals surface area contributed by atoms with E-state index < -0.39 is 12.1 Å². The number of benzene rings is 1. The van der Waals surface area contributed by atoms with Crippen LogP contribution in [0.3, 0.4) is 0 Å². The highest BCUT2D eigenvalue weighted by atomic mass is 16.6. The summed E-state index contributed by atoms with van der Waals surface area (Å²) in [4.78, 5) is 23.8. The highest BCUT2D eigenvalue weighted by Gasteiger charge is 2.18. The van der Waals surface area contributed by atoms with E-state index >= 15 is 0 Å². The van der Waals surface area contributed by atoms with E-state index in [9.17, 15) is 9.59 Å². The van der Waals surface area contributed by atoms with Crippen molar-refractivity contribution in [3.05, 3.63) is 36.9 Å². The Labute approximate surface area is 117 Å². The lowest BCUT2D eigenvalue weighted by Gasteiger charge is -2.21. The molecule has 0 aliphatic rings. The van der Waals surface area contributed by atoms with Crippen molar-refractivity contribution in [1.29, 1.82) is 0 Å². The number of nitrogens with zero attached hydrogens (tertiary/aromatic N) is 1. The van der Waals surface area contributed by atoms with Crippen LogP contribution in [0.4, 0.5) is 10.5 Å². The van der Waals surface area contributed by atoms with Gasteiger partial charge < -0.3 is 14.6 Å². The molecule has 0 heterocycles. The molecule has 1 N–H and O–H groups in total. The average Bonchev–Trinajstić information content (AvgIpc) is 2.45. The van der Waals surface area contributed by atoms with Crippen molar-refractivity contribution in [2.45, 2.75) is 6.42 Å². The second kappa shape index (κ2) is 7.83. The van der Waals surface area contributed by atoms with Crippen LogP contribution in [0.2, 0.25) is 0 Å². The number of anilines is 1. The summed E-state index contributed by atoms with van der Waals surface area (Å²) in [6.07, 6.45) is 0.660. The molecule has 0 aliphatic heterocycles. The number of aliphatic carboxylic acids is 1. The number of carbonyl (C=O) groups excluding carboxylic acids is 1. The van der Waals surface area contributed by atoms with Crippen molar-refractivity contribution in [3.63, 3.8) is 0 Å². The summed E-state index contributed by atoms with van der Waals surface area (Å²) in [5.41, 5.74) is 0.543. The fourth-order valence-corrected chi connectivity index (χ4v) is 1.50. The molecule has 0 saturated carbocycles. The second-order valence-electron chi connectivity index (χ2n) is 3.86. The van der Waals surface area contributed by atoms with Crippen molar-refractivity contribution < 1.29 is 24.2 Å². The maximum Gasteiger partial charge on any atom is 0.414 e. The van der Waals surface area contributed by atoms with Gasteiger partial charge in [-0.15, -0.1) is 0 Å². The van der Waals surface area contributed by atoms with Gasteiger partial charge in [-0.2, -0.15) is 0 Å². The lowest BCUT2D eigenvalue weighted by molar-refractivity contribution is -0.136. The molecule has 0 bridgehead atoms. The second-order valence-corrected chi connectivity index (χ2v) is 3.86. The third-order valence-corrected chi connectivity index (χ3v) is 2.48. The molecule has 1 aromatic carbocycles. The summed E-state index contributed by atoms with van der Waals surface area (Å²) < 4.78 is 9.97. The number of hydrogen-bond acceptors (Lipinski definition) is 4. The van der Waals surface area contributed by atoms with Gasteiger partial charge in [-0.05, 0) is 24.3 Å². The molecule has 1 aromatic rings. The van der Waals surface area contributed by atoms with Gasteiger partial charge in [-0.25, -0.2) is 4.79 Å². The van der Waals surface area contributed by atoms with Gasteiger partial charge >= 0.3 is 12.1 Å². The Morgan fingerprint density at radius 3 is 2.50 bits per heavy atom. The third kappa shape index (κ3) is 4.64. The van der Waals surface area contributed by atoms with Gasteiger partial charge in [0.15, 0.2) is 0 Å². The molecule has 0 atom stereocenters. The molecular weight excluding hydrogens is 262 g/mol. The molecule has 6 heteroatoms. The van der Waals surface area contributed by atoms with E-state index in [4.69, 9.17) is 14.6 Å². The van der Waals surface area contributed by atoms with Crippen LogP contribution >= 0.6 is 0 Å². The topological polar surface area (TPSA) is 76.1 Å². The molecule has 20 heavy (non-hydrogen) atoms. The Hall–Kier alpha value is -2.50. The van der Waals surface area contributed by atoms with E-state index in [-0.39, 0.29) is 19.6 Å². The van der Waals surface area contributed by atoms with E-state index in [1.807, 2.05) is 0 Å². The van der Waals surface area contributed by atoms with Gasteiger partial charge in [0, 0.05) is 12.2 Å². The third-order valence-electron chi connectivity index (χ3n) is 2.48. The molecule has 0 aromatic heterocycles. The van der Waals surface area contributed by atoms with E-state index in [0.717, 1.165) is 0 Å². The minimum absolute atomic E-state index is 0.0254. The van der Waals surface area contributed by atoms with Crippen LogP contribution in [0.15, 0.2) is 36.9 Å². The van der Waals surface area contributed by atoms with E-state index in [0.29, 0.717) is 11.4 Å². The van der Waals surface area contributed by atoms with Gasteiger partial charge in [0.05, 0.1) is 13.5 Å². The zero-order chi connectivity index (χ0) is 15.0. The maximum absolute atomic E-state index is 11.9. The SMILES string of the molecule is C=CCOC(=O)N(CCC(=O)O)c1ccc(OC)cc1. The number of carboxylic acid groups (broad SMARTS) is 1. The summed E-state index contributed by atoms with van der Waals surface area (Å²) in [7, 11) is 1.54. The van der Waals surface area contributed by atoms with Crippen LogP contribution in [0, 0.1) is 0 Å². The first-order valence-electron chi connectivity index (χ1n) is 5.99. The Bertz CT molecular complexity index is 469. The maximum atomic E-state index is 11.9. The minimum Gasteiger partial charge on any atom is -0.497 e. The summed E-state index contributed by atoms with van der Waals surface area (Å²) in [6, 6.07) is 6.69. The van der Waals surface area contributed by atoms with E-state index in [2.05, 4.69) is 6.58 Å². The van der Waals surface area contributed by atoms with Crippen LogP contribution < -0.4 is 9.64 Å². The van der Waals surface area contributed by atoms with Crippen molar-refractivity contribution in [2.75, 3.05) is 25.2 Å². The number of carboxylic acids is 1. The van der Waals surface area contributed by atoms with Crippen LogP contribution in [0.5, 0.6) is 5.75 Å². The number of ether oxygens (including phenoxy) is 2. The van der Waals surface area contributed by atoms with Gasteiger partial charge in [0.25, 0.3) is 0 Å². The normalized spacial score (nSPS) is 9.65. The Morgan fingerprint density at radius 2 is 2.00 bits per heavy atom. The molecule has 0 unspecified atom stereocenters. The highest BCUT2D eigenvalue weighted by molar-refractivity contribution is 5.88. The Balaban J connectivity index is 2.86. The van der Waals surface area contributed by atoms with Crippen LogP contribution in [0.25, 0.3) is 0 Å². The first kappa shape index (κ1) is 15.6. The molecule has 0 aliphatic carbocycles. The molecule has 6 nitrogen and oxygen atoms in total. The summed E-state index contributed by atoms with van der Waals surface area (Å²) >= 11 is 0. The van der Waals surface area contributed by atoms with Crippen LogP contribution in [-0.2, 0) is 9.53 Å². The first-order valence-corrected chi connectivity index (χ1v) is 5.99. The van der Waals surface area contributed by atoms with Crippen molar-refractivity contribution in [1.82, 2.24) is 0 Å². The fraction of sp³-hybridized carbons (Fsp3) is 0.286. The largest absolute Gasteiger partial charge is 0.497 e. The molecular formula is C14H17NO5. The fourth-order valence-electron chi connectivity index (χ4n) is 1.50. The molecule has 1 amide bonds. The predicted octanol–water partition coefficient (Wildman–Crippen LogP) is 2.30. The highest BCUT2D eigenvalue weighted by Crippen LogP contribution is 2.20. The van der Waals surface area contributed by atoms with Gasteiger partial charge in [-0.3, -0.25) is 9.69 Å². The first-order chi connectivity index (χ1) is 9.58. The molecule has 108 valence electrons. The van der Waals surface area contributed by atoms with Gasteiger partial charge in [-0.1, -0.05) is 12.7 Å². The van der Waals surface area contributed by atoms with Gasteiger partial charge in [0.2, 0.25) is 0 Å². The lowest BCUT2D eigenvalue weighted by atomic mass is 10.2. The standard InChI is InChI=1S/C14H17NO5/c1-3-10-20-14(18)15(9-8-13(16)17)11-4-6-12(19-2)7-5-11/h3-7H,1,8-10H2,2H3,(H,16,17). The minimum atomic E-state index is -0.986. The summed E-state index contributed by atoms with van der Waals surface area (Å²) in [5, 5.41) is 8.73. The molecule has 0 fully saturated rings. The lowest BCUT2D eigenvalue weighted by Crippen LogP contribution is -2.33. The Kier molecular flexibility index (Phi) is 6.09. The summed E-state index contributed by atoms with van der Waals surface area (Å²) in [5.74, 6) is -0.341. The molecule has 0 spiro atoms. The Morgan fingerprint density at radius 1 is 1.35 bits per heavy atom. The van der Waals surface area contributed by atoms with E-state index in [1.54, 1.807) is 24.3 Å². The number of amides is 1. The van der Waals surface area contributed by atoms with E-state index in [1.165, 1.54) is 18.1 Å². The number of carbonyl (C=O) groups is 2. The molecule has 0 radical (unpaired) electrons. The van der Waals surface area contributed by atoms with Crippen molar-refractivity contribution >= 4 is 17.7 Å². The quantitative estimate of drug-likeness (QED) is 0.775. The van der Waals surface area contributed by atoms with Gasteiger partial charge in [0.1, 0.15) is 12.4 Å². The van der Waals surface area contributed by atoms with Crippen LogP contribution in [-0.4, -0.2) is 37.4 Å². The van der Waals surface area contributed by atoms with Crippen molar-refractivity contribution in [3.8, 4) is 5.75 Å². The van der Waals surface area contributed by atoms with Crippen molar-refractivity contribution in [2.24, 2.45) is 0 Å². The predicted molar refractivity (Wildman–Crippen MR) is 74.1 cm³/mol. The number of rotatable bonds is 7. The number of methoxy groups -OCH3 is 1. The number of hydrogen-bond donors (Lipinski definition) is 1. The molecule has 1 rings (SSSR count). The zero-order valence-corrected chi connectivity index (χ0v) is 11.2. The monoisotopic (exact) mass is 279 g/mol. The summed E-state index contributed by atoms with van der Waals surface area (Å²) in [6.45, 7) is 3.55. The smallest absolute Gasteiger partial charge is 0.414 e. The zero-order valence-electron chi connectivity index (χ0n) is 11.2. The van der Waals surface area contributed by atoms with Crippen LogP contribution in [0.1, 0.15) is 6.42 Å². The molecule has 0 saturated heterocycles.